The van der Waals surface area contributed by atoms with Crippen molar-refractivity contribution >= 4 is 46.6 Å². The van der Waals surface area contributed by atoms with Crippen molar-refractivity contribution in [3.8, 4) is 22.7 Å². The van der Waals surface area contributed by atoms with Crippen LogP contribution in [-0.2, 0) is 4.79 Å². The van der Waals surface area contributed by atoms with E-state index in [0.29, 0.717) is 32.3 Å². The topological polar surface area (TPSA) is 56.2 Å². The zero-order chi connectivity index (χ0) is 24.1. The zero-order valence-corrected chi connectivity index (χ0v) is 19.7. The quantitative estimate of drug-likeness (QED) is 0.250. The fourth-order valence-corrected chi connectivity index (χ4v) is 4.26. The second-order valence-electron chi connectivity index (χ2n) is 6.97. The first kappa shape index (κ1) is 24.1. The van der Waals surface area contributed by atoms with Crippen LogP contribution in [0.15, 0.2) is 84.1 Å². The van der Waals surface area contributed by atoms with Crippen molar-refractivity contribution in [1.29, 1.82) is 0 Å². The summed E-state index contributed by atoms with van der Waals surface area (Å²) in [6.07, 6.45) is 1.65. The Morgan fingerprint density at radius 3 is 2.44 bits per heavy atom. The van der Waals surface area contributed by atoms with Crippen molar-refractivity contribution in [2.45, 2.75) is 11.8 Å². The minimum absolute atomic E-state index is 0.0337. The van der Waals surface area contributed by atoms with Gasteiger partial charge in [-0.15, -0.1) is 0 Å². The van der Waals surface area contributed by atoms with Crippen LogP contribution in [0.25, 0.3) is 16.9 Å². The lowest BCUT2D eigenvalue weighted by atomic mass is 10.1. The van der Waals surface area contributed by atoms with E-state index >= 15 is 0 Å². The molecule has 5 nitrogen and oxygen atoms in total. The number of halogens is 4. The van der Waals surface area contributed by atoms with E-state index in [9.17, 15) is 13.6 Å². The maximum atomic E-state index is 12.5. The number of aromatic nitrogens is 2. The smallest absolute Gasteiger partial charge is 0.387 e. The molecule has 0 bridgehead atoms. The van der Waals surface area contributed by atoms with Gasteiger partial charge in [0, 0.05) is 16.9 Å². The van der Waals surface area contributed by atoms with Crippen molar-refractivity contribution in [1.82, 2.24) is 9.55 Å². The lowest BCUT2D eigenvalue weighted by molar-refractivity contribution is -0.113. The molecule has 0 fully saturated rings. The van der Waals surface area contributed by atoms with E-state index in [4.69, 9.17) is 23.2 Å². The number of ether oxygens (including phenoxy) is 1. The molecule has 0 aliphatic heterocycles. The minimum Gasteiger partial charge on any atom is -0.435 e. The van der Waals surface area contributed by atoms with Crippen molar-refractivity contribution in [3.05, 3.63) is 89.0 Å². The van der Waals surface area contributed by atoms with Gasteiger partial charge in [0.25, 0.3) is 0 Å². The SMILES string of the molecule is O=C(CSc1ncc(-c2ccc(Cl)c(Cl)c2)n1-c1ccc(OC(F)F)cc1)Nc1ccccc1. The number of benzene rings is 3. The summed E-state index contributed by atoms with van der Waals surface area (Å²) in [5.74, 6) is -0.0480. The van der Waals surface area contributed by atoms with Gasteiger partial charge in [-0.2, -0.15) is 8.78 Å². The summed E-state index contributed by atoms with van der Waals surface area (Å²) in [6.45, 7) is -2.92. The Bertz CT molecular complexity index is 1290. The number of nitrogens with one attached hydrogen (secondary N) is 1. The van der Waals surface area contributed by atoms with Crippen LogP contribution >= 0.6 is 35.0 Å². The first-order valence-electron chi connectivity index (χ1n) is 9.97. The highest BCUT2D eigenvalue weighted by atomic mass is 35.5. The molecule has 1 N–H and O–H groups in total. The molecule has 0 aliphatic carbocycles. The van der Waals surface area contributed by atoms with Gasteiger partial charge in [-0.1, -0.05) is 59.2 Å². The number of anilines is 1. The fraction of sp³-hybridized carbons (Fsp3) is 0.0833. The van der Waals surface area contributed by atoms with Crippen molar-refractivity contribution in [3.63, 3.8) is 0 Å². The van der Waals surface area contributed by atoms with Crippen LogP contribution in [0.5, 0.6) is 5.75 Å². The third-order valence-corrected chi connectivity index (χ3v) is 6.35. The van der Waals surface area contributed by atoms with Crippen molar-refractivity contribution in [2.24, 2.45) is 0 Å². The standard InChI is InChI=1S/C24H17Cl2F2N3O2S/c25-19-11-6-15(12-20(19)26)21-13-29-24(34-14-22(32)30-16-4-2-1-3-5-16)31(21)17-7-9-18(10-8-17)33-23(27)28/h1-13,23H,14H2,(H,30,32). The second-order valence-corrected chi connectivity index (χ2v) is 8.72. The van der Waals surface area contributed by atoms with Gasteiger partial charge < -0.3 is 10.1 Å². The Balaban J connectivity index is 1.64. The van der Waals surface area contributed by atoms with Crippen LogP contribution in [0.2, 0.25) is 10.0 Å². The highest BCUT2D eigenvalue weighted by molar-refractivity contribution is 7.99. The molecule has 4 aromatic rings. The van der Waals surface area contributed by atoms with Crippen LogP contribution in [-0.4, -0.2) is 27.8 Å². The third-order valence-electron chi connectivity index (χ3n) is 4.65. The molecule has 0 radical (unpaired) electrons. The van der Waals surface area contributed by atoms with Gasteiger partial charge >= 0.3 is 6.61 Å². The Hall–Kier alpha value is -3.07. The van der Waals surface area contributed by atoms with E-state index in [1.807, 2.05) is 22.8 Å². The molecule has 1 heterocycles. The highest BCUT2D eigenvalue weighted by Gasteiger charge is 2.17. The van der Waals surface area contributed by atoms with Crippen LogP contribution in [0.4, 0.5) is 14.5 Å². The van der Waals surface area contributed by atoms with E-state index in [0.717, 1.165) is 5.56 Å². The number of para-hydroxylation sites is 1. The number of alkyl halides is 2. The lowest BCUT2D eigenvalue weighted by Gasteiger charge is -2.13. The fourth-order valence-electron chi connectivity index (χ4n) is 3.17. The summed E-state index contributed by atoms with van der Waals surface area (Å²) in [4.78, 5) is 16.9. The van der Waals surface area contributed by atoms with Gasteiger partial charge in [0.1, 0.15) is 5.75 Å². The van der Waals surface area contributed by atoms with Crippen LogP contribution in [0.3, 0.4) is 0 Å². The molecule has 0 aliphatic rings. The lowest BCUT2D eigenvalue weighted by Crippen LogP contribution is -2.14. The third kappa shape index (κ3) is 5.88. The van der Waals surface area contributed by atoms with Gasteiger partial charge in [0.15, 0.2) is 5.16 Å². The van der Waals surface area contributed by atoms with Gasteiger partial charge in [-0.3, -0.25) is 9.36 Å². The molecule has 10 heteroatoms. The Kier molecular flexibility index (Phi) is 7.72. The average molecular weight is 520 g/mol. The molecule has 0 saturated carbocycles. The van der Waals surface area contributed by atoms with Crippen molar-refractivity contribution < 1.29 is 18.3 Å². The summed E-state index contributed by atoms with van der Waals surface area (Å²) in [5.41, 5.74) is 2.77. The molecule has 3 aromatic carbocycles. The van der Waals surface area contributed by atoms with E-state index in [1.54, 1.807) is 48.7 Å². The van der Waals surface area contributed by atoms with Gasteiger partial charge in [-0.25, -0.2) is 4.98 Å². The number of imidazole rings is 1. The van der Waals surface area contributed by atoms with Crippen LogP contribution < -0.4 is 10.1 Å². The Labute approximate surface area is 208 Å². The number of hydrogen-bond donors (Lipinski definition) is 1. The molecule has 34 heavy (non-hydrogen) atoms. The maximum absolute atomic E-state index is 12.5. The van der Waals surface area contributed by atoms with Gasteiger partial charge in [0.2, 0.25) is 5.91 Å². The number of rotatable bonds is 8. The zero-order valence-electron chi connectivity index (χ0n) is 17.4. The van der Waals surface area contributed by atoms with E-state index in [1.165, 1.54) is 23.9 Å². The Morgan fingerprint density at radius 1 is 1.03 bits per heavy atom. The summed E-state index contributed by atoms with van der Waals surface area (Å²) in [5, 5.41) is 4.16. The van der Waals surface area contributed by atoms with E-state index in [-0.39, 0.29) is 17.4 Å². The maximum Gasteiger partial charge on any atom is 0.387 e. The molecule has 1 aromatic heterocycles. The van der Waals surface area contributed by atoms with Crippen molar-refractivity contribution in [2.75, 3.05) is 11.1 Å². The Morgan fingerprint density at radius 2 is 1.76 bits per heavy atom. The molecule has 4 rings (SSSR count). The molecular formula is C24H17Cl2F2N3O2S. The molecule has 0 unspecified atom stereocenters. The van der Waals surface area contributed by atoms with E-state index in [2.05, 4.69) is 15.0 Å². The number of carbonyl (C=O) groups is 1. The predicted octanol–water partition coefficient (Wildman–Crippen LogP) is 7.18. The molecular weight excluding hydrogens is 503 g/mol. The first-order valence-corrected chi connectivity index (χ1v) is 11.7. The predicted molar refractivity (Wildman–Crippen MR) is 131 cm³/mol. The van der Waals surface area contributed by atoms with E-state index < -0.39 is 6.61 Å². The summed E-state index contributed by atoms with van der Waals surface area (Å²) >= 11 is 13.5. The number of hydrogen-bond acceptors (Lipinski definition) is 4. The minimum atomic E-state index is -2.92. The molecule has 174 valence electrons. The molecule has 0 saturated heterocycles. The average Bonchev–Trinajstić information content (AvgIpc) is 3.24. The molecule has 1 amide bonds. The molecule has 0 spiro atoms. The largest absolute Gasteiger partial charge is 0.435 e. The number of thioether (sulfide) groups is 1. The first-order chi connectivity index (χ1) is 16.4. The highest BCUT2D eigenvalue weighted by Crippen LogP contribution is 2.34. The molecule has 0 atom stereocenters. The second kappa shape index (κ2) is 10.9. The normalized spacial score (nSPS) is 11.0. The summed E-state index contributed by atoms with van der Waals surface area (Å²) in [7, 11) is 0. The van der Waals surface area contributed by atoms with Crippen LogP contribution in [0, 0.1) is 0 Å². The monoisotopic (exact) mass is 519 g/mol. The summed E-state index contributed by atoms with van der Waals surface area (Å²) in [6, 6.07) is 20.5. The summed E-state index contributed by atoms with van der Waals surface area (Å²) < 4.78 is 31.3. The number of nitrogens with zero attached hydrogens (tertiary/aromatic N) is 2. The number of amides is 1. The van der Waals surface area contributed by atoms with Gasteiger partial charge in [-0.05, 0) is 48.5 Å². The van der Waals surface area contributed by atoms with Gasteiger partial charge in [0.05, 0.1) is 27.7 Å². The number of carbonyl (C=O) groups excluding carboxylic acids is 1. The van der Waals surface area contributed by atoms with Crippen LogP contribution in [0.1, 0.15) is 0 Å².